The van der Waals surface area contributed by atoms with E-state index in [1.807, 2.05) is 24.3 Å². The molecule has 6 heteroatoms. The molecule has 2 aromatic carbocycles. The van der Waals surface area contributed by atoms with Crippen LogP contribution in [-0.2, 0) is 6.54 Å². The van der Waals surface area contributed by atoms with Gasteiger partial charge >= 0.3 is 0 Å². The second-order valence-corrected chi connectivity index (χ2v) is 6.54. The van der Waals surface area contributed by atoms with Crippen LogP contribution in [0.1, 0.15) is 15.9 Å². The highest BCUT2D eigenvalue weighted by molar-refractivity contribution is 14.1. The number of para-hydroxylation sites is 1. The number of carbonyl (C=O) groups is 1. The molecule has 2 aromatic rings. The smallest absolute Gasteiger partial charge is 0.255 e. The normalized spacial score (nSPS) is 10.3. The van der Waals surface area contributed by atoms with Crippen molar-refractivity contribution >= 4 is 40.1 Å². The summed E-state index contributed by atoms with van der Waals surface area (Å²) in [7, 11) is 4.92. The molecule has 122 valence electrons. The summed E-state index contributed by atoms with van der Waals surface area (Å²) >= 11 is 8.13. The van der Waals surface area contributed by atoms with Crippen LogP contribution in [0.25, 0.3) is 0 Å². The molecule has 4 nitrogen and oxygen atoms in total. The number of hydrogen-bond acceptors (Lipinski definition) is 3. The summed E-state index contributed by atoms with van der Waals surface area (Å²) in [6, 6.07) is 10.9. The monoisotopic (exact) mass is 445 g/mol. The Balaban J connectivity index is 2.27. The largest absolute Gasteiger partial charge is 0.493 e. The molecule has 0 N–H and O–H groups in total. The van der Waals surface area contributed by atoms with Crippen molar-refractivity contribution in [2.45, 2.75) is 6.54 Å². The number of hydrogen-bond donors (Lipinski definition) is 0. The fourth-order valence-electron chi connectivity index (χ4n) is 2.27. The first kappa shape index (κ1) is 17.9. The van der Waals surface area contributed by atoms with Gasteiger partial charge in [-0.3, -0.25) is 4.79 Å². The number of nitrogens with zero attached hydrogens (tertiary/aromatic N) is 1. The summed E-state index contributed by atoms with van der Waals surface area (Å²) in [5, 5.41) is 0.543. The van der Waals surface area contributed by atoms with Gasteiger partial charge in [0, 0.05) is 27.7 Å². The van der Waals surface area contributed by atoms with Crippen molar-refractivity contribution in [2.75, 3.05) is 21.3 Å². The van der Waals surface area contributed by atoms with Gasteiger partial charge in [0.05, 0.1) is 19.8 Å². The van der Waals surface area contributed by atoms with Crippen molar-refractivity contribution in [1.82, 2.24) is 4.90 Å². The maximum Gasteiger partial charge on any atom is 0.255 e. The zero-order valence-corrected chi connectivity index (χ0v) is 16.0. The Morgan fingerprint density at radius 1 is 1.22 bits per heavy atom. The molecule has 0 heterocycles. The van der Waals surface area contributed by atoms with Gasteiger partial charge in [0.2, 0.25) is 0 Å². The molecule has 1 amide bonds. The number of rotatable bonds is 5. The summed E-state index contributed by atoms with van der Waals surface area (Å²) in [4.78, 5) is 14.3. The highest BCUT2D eigenvalue weighted by Crippen LogP contribution is 2.31. The van der Waals surface area contributed by atoms with Crippen molar-refractivity contribution in [3.8, 4) is 11.5 Å². The lowest BCUT2D eigenvalue weighted by Gasteiger charge is -2.20. The first-order valence-corrected chi connectivity index (χ1v) is 8.34. The Morgan fingerprint density at radius 3 is 2.61 bits per heavy atom. The van der Waals surface area contributed by atoms with Gasteiger partial charge in [0.1, 0.15) is 0 Å². The lowest BCUT2D eigenvalue weighted by atomic mass is 10.1. The summed E-state index contributed by atoms with van der Waals surface area (Å²) in [5.41, 5.74) is 1.46. The van der Waals surface area contributed by atoms with E-state index in [1.54, 1.807) is 38.3 Å². The molecule has 0 bridgehead atoms. The maximum atomic E-state index is 12.7. The molecule has 2 rings (SSSR count). The first-order chi connectivity index (χ1) is 11.0. The average molecular weight is 446 g/mol. The summed E-state index contributed by atoms with van der Waals surface area (Å²) in [6.07, 6.45) is 0. The highest BCUT2D eigenvalue weighted by atomic mass is 127. The van der Waals surface area contributed by atoms with E-state index in [2.05, 4.69) is 22.6 Å². The van der Waals surface area contributed by atoms with Gasteiger partial charge in [-0.25, -0.2) is 0 Å². The fraction of sp³-hybridized carbons (Fsp3) is 0.235. The minimum Gasteiger partial charge on any atom is -0.493 e. The van der Waals surface area contributed by atoms with Crippen LogP contribution in [0.4, 0.5) is 0 Å². The van der Waals surface area contributed by atoms with E-state index in [0.717, 1.165) is 9.13 Å². The molecule has 0 fully saturated rings. The predicted molar refractivity (Wildman–Crippen MR) is 99.5 cm³/mol. The minimum atomic E-state index is -0.0956. The first-order valence-electron chi connectivity index (χ1n) is 6.88. The zero-order valence-electron chi connectivity index (χ0n) is 13.1. The van der Waals surface area contributed by atoms with Gasteiger partial charge in [0.25, 0.3) is 5.91 Å². The molecule has 0 aliphatic rings. The highest BCUT2D eigenvalue weighted by Gasteiger charge is 2.18. The van der Waals surface area contributed by atoms with Crippen molar-refractivity contribution in [3.63, 3.8) is 0 Å². The Morgan fingerprint density at radius 2 is 1.96 bits per heavy atom. The van der Waals surface area contributed by atoms with E-state index in [-0.39, 0.29) is 5.91 Å². The van der Waals surface area contributed by atoms with Crippen molar-refractivity contribution < 1.29 is 14.3 Å². The van der Waals surface area contributed by atoms with Crippen LogP contribution >= 0.6 is 34.2 Å². The van der Waals surface area contributed by atoms with Crippen molar-refractivity contribution in [2.24, 2.45) is 0 Å². The fourth-order valence-corrected chi connectivity index (χ4v) is 3.01. The van der Waals surface area contributed by atoms with E-state index in [4.69, 9.17) is 21.1 Å². The van der Waals surface area contributed by atoms with Crippen molar-refractivity contribution in [1.29, 1.82) is 0 Å². The molecule has 0 radical (unpaired) electrons. The topological polar surface area (TPSA) is 38.8 Å². The molecule has 0 atom stereocenters. The standard InChI is InChI=1S/C17H17ClINO3/c1-20(17(21)13-9-12(18)7-8-14(13)19)10-11-5-4-6-15(22-2)16(11)23-3/h4-9H,10H2,1-3H3. The average Bonchev–Trinajstić information content (AvgIpc) is 2.55. The molecule has 0 aliphatic carbocycles. The third-order valence-electron chi connectivity index (χ3n) is 3.40. The number of halogens is 2. The number of amides is 1. The number of carbonyl (C=O) groups excluding carboxylic acids is 1. The third kappa shape index (κ3) is 4.09. The number of ether oxygens (including phenoxy) is 2. The predicted octanol–water partition coefficient (Wildman–Crippen LogP) is 4.23. The Labute approximate surface area is 154 Å². The van der Waals surface area contributed by atoms with Crippen molar-refractivity contribution in [3.05, 3.63) is 56.1 Å². The van der Waals surface area contributed by atoms with E-state index in [0.29, 0.717) is 28.6 Å². The second-order valence-electron chi connectivity index (χ2n) is 4.94. The quantitative estimate of drug-likeness (QED) is 0.647. The Kier molecular flexibility index (Phi) is 6.12. The molecular weight excluding hydrogens is 429 g/mol. The molecular formula is C17H17ClINO3. The molecule has 0 saturated heterocycles. The molecule has 0 unspecified atom stereocenters. The lowest BCUT2D eigenvalue weighted by Crippen LogP contribution is -2.27. The van der Waals surface area contributed by atoms with E-state index in [9.17, 15) is 4.79 Å². The van der Waals surface area contributed by atoms with E-state index in [1.165, 1.54) is 0 Å². The zero-order chi connectivity index (χ0) is 17.0. The molecule has 0 saturated carbocycles. The van der Waals surface area contributed by atoms with Crippen LogP contribution in [0.5, 0.6) is 11.5 Å². The Bertz CT molecular complexity index is 721. The summed E-state index contributed by atoms with van der Waals surface area (Å²) in [5.74, 6) is 1.18. The van der Waals surface area contributed by atoms with Gasteiger partial charge in [-0.15, -0.1) is 0 Å². The molecule has 0 aromatic heterocycles. The van der Waals surface area contributed by atoms with Gasteiger partial charge in [-0.05, 0) is 46.9 Å². The van der Waals surface area contributed by atoms with Gasteiger partial charge in [-0.1, -0.05) is 23.7 Å². The number of methoxy groups -OCH3 is 2. The van der Waals surface area contributed by atoms with Crippen LogP contribution in [0.15, 0.2) is 36.4 Å². The molecule has 23 heavy (non-hydrogen) atoms. The lowest BCUT2D eigenvalue weighted by molar-refractivity contribution is 0.0783. The summed E-state index contributed by atoms with van der Waals surface area (Å²) in [6.45, 7) is 0.405. The SMILES string of the molecule is COc1cccc(CN(C)C(=O)c2cc(Cl)ccc2I)c1OC. The van der Waals surface area contributed by atoms with Crippen LogP contribution < -0.4 is 9.47 Å². The second kappa shape index (κ2) is 7.88. The van der Waals surface area contributed by atoms with Gasteiger partial charge < -0.3 is 14.4 Å². The van der Waals surface area contributed by atoms with Gasteiger partial charge in [0.15, 0.2) is 11.5 Å². The molecule has 0 aliphatic heterocycles. The van der Waals surface area contributed by atoms with Crippen LogP contribution in [-0.4, -0.2) is 32.1 Å². The maximum absolute atomic E-state index is 12.7. The number of benzene rings is 2. The Hall–Kier alpha value is -1.47. The summed E-state index contributed by atoms with van der Waals surface area (Å²) < 4.78 is 11.6. The third-order valence-corrected chi connectivity index (χ3v) is 4.57. The van der Waals surface area contributed by atoms with E-state index >= 15 is 0 Å². The van der Waals surface area contributed by atoms with Crippen LogP contribution in [0.3, 0.4) is 0 Å². The van der Waals surface area contributed by atoms with Gasteiger partial charge in [-0.2, -0.15) is 0 Å². The minimum absolute atomic E-state index is 0.0956. The van der Waals surface area contributed by atoms with E-state index < -0.39 is 0 Å². The molecule has 0 spiro atoms. The van der Waals surface area contributed by atoms with Crippen LogP contribution in [0.2, 0.25) is 5.02 Å². The van der Waals surface area contributed by atoms with Crippen LogP contribution in [0, 0.1) is 3.57 Å².